The molecule has 0 N–H and O–H groups in total. The molecule has 1 aliphatic rings. The monoisotopic (exact) mass is 606 g/mol. The van der Waals surface area contributed by atoms with Crippen LogP contribution in [0.1, 0.15) is 52.0 Å². The second-order valence-corrected chi connectivity index (χ2v) is 9.73. The maximum Gasteiger partial charge on any atom is 0.433 e. The summed E-state index contributed by atoms with van der Waals surface area (Å²) in [5, 5.41) is 12.3. The lowest BCUT2D eigenvalue weighted by Crippen LogP contribution is -2.39. The summed E-state index contributed by atoms with van der Waals surface area (Å²) in [4.78, 5) is 40.8. The predicted molar refractivity (Wildman–Crippen MR) is 136 cm³/mol. The van der Waals surface area contributed by atoms with E-state index in [1.807, 2.05) is 0 Å². The first kappa shape index (κ1) is 31.3. The number of hydrogen-bond donors (Lipinski definition) is 0. The topological polar surface area (TPSA) is 117 Å². The maximum atomic E-state index is 14.2. The summed E-state index contributed by atoms with van der Waals surface area (Å²) in [6.07, 6.45) is -3.79. The SMILES string of the molecule is CCOC(=O)C1=C(C(F)(F)F)N=C(C)C(C(=O)OCC(C)C)C1c1cc([N+](=O)[O-])ccc1OCCCCBr. The van der Waals surface area contributed by atoms with Crippen LogP contribution in [0.5, 0.6) is 5.75 Å². The van der Waals surface area contributed by atoms with Crippen molar-refractivity contribution in [2.45, 2.75) is 52.6 Å². The Morgan fingerprint density at radius 2 is 1.89 bits per heavy atom. The molecule has 2 unspecified atom stereocenters. The Kier molecular flexibility index (Phi) is 11.3. The van der Waals surface area contributed by atoms with Gasteiger partial charge in [0.15, 0.2) is 5.70 Å². The number of ether oxygens (including phenoxy) is 3. The average Bonchev–Trinajstić information content (AvgIpc) is 2.84. The highest BCUT2D eigenvalue weighted by molar-refractivity contribution is 9.09. The third-order valence-electron chi connectivity index (χ3n) is 5.54. The molecule has 0 amide bonds. The van der Waals surface area contributed by atoms with E-state index in [1.165, 1.54) is 19.9 Å². The van der Waals surface area contributed by atoms with Gasteiger partial charge in [-0.1, -0.05) is 29.8 Å². The predicted octanol–water partition coefficient (Wildman–Crippen LogP) is 5.90. The minimum atomic E-state index is -5.09. The molecule has 1 heterocycles. The van der Waals surface area contributed by atoms with Gasteiger partial charge in [-0.3, -0.25) is 19.9 Å². The number of aliphatic imine (C=N–C) groups is 1. The van der Waals surface area contributed by atoms with Gasteiger partial charge in [0.25, 0.3) is 5.69 Å². The molecule has 0 saturated heterocycles. The number of carbonyl (C=O) groups is 2. The van der Waals surface area contributed by atoms with E-state index in [-0.39, 0.29) is 42.8 Å². The molecule has 38 heavy (non-hydrogen) atoms. The zero-order chi connectivity index (χ0) is 28.6. The number of allylic oxidation sites excluding steroid dienone is 1. The van der Waals surface area contributed by atoms with Crippen molar-refractivity contribution in [2.75, 3.05) is 25.2 Å². The van der Waals surface area contributed by atoms with Crippen LogP contribution < -0.4 is 4.74 Å². The third kappa shape index (κ3) is 7.78. The fourth-order valence-electron chi connectivity index (χ4n) is 3.89. The van der Waals surface area contributed by atoms with Crippen LogP contribution >= 0.6 is 15.9 Å². The fourth-order valence-corrected chi connectivity index (χ4v) is 4.29. The van der Waals surface area contributed by atoms with Crippen molar-refractivity contribution in [3.63, 3.8) is 0 Å². The zero-order valence-electron chi connectivity index (χ0n) is 21.5. The molecule has 9 nitrogen and oxygen atoms in total. The van der Waals surface area contributed by atoms with Crippen LogP contribution in [0.2, 0.25) is 0 Å². The van der Waals surface area contributed by atoms with Gasteiger partial charge in [-0.25, -0.2) is 4.79 Å². The van der Waals surface area contributed by atoms with Crippen LogP contribution in [-0.2, 0) is 19.1 Å². The van der Waals surface area contributed by atoms with Crippen molar-refractivity contribution in [1.82, 2.24) is 0 Å². The van der Waals surface area contributed by atoms with E-state index >= 15 is 0 Å². The highest BCUT2D eigenvalue weighted by Crippen LogP contribution is 2.47. The highest BCUT2D eigenvalue weighted by Gasteiger charge is 2.50. The van der Waals surface area contributed by atoms with Gasteiger partial charge in [0.05, 0.1) is 30.3 Å². The number of carbonyl (C=O) groups excluding carboxylic acids is 2. The molecule has 1 aromatic carbocycles. The number of rotatable bonds is 12. The Hall–Kier alpha value is -2.96. The zero-order valence-corrected chi connectivity index (χ0v) is 23.1. The first-order valence-corrected chi connectivity index (χ1v) is 13.1. The number of alkyl halides is 4. The first-order valence-electron chi connectivity index (χ1n) is 12.0. The van der Waals surface area contributed by atoms with Crippen molar-refractivity contribution in [2.24, 2.45) is 16.8 Å². The number of halogens is 4. The molecule has 0 radical (unpaired) electrons. The molecule has 2 atom stereocenters. The van der Waals surface area contributed by atoms with Gasteiger partial charge in [0.2, 0.25) is 0 Å². The second kappa shape index (κ2) is 13.7. The summed E-state index contributed by atoms with van der Waals surface area (Å²) in [5.41, 5.74) is -3.35. The molecule has 1 aromatic rings. The fraction of sp³-hybridized carbons (Fsp3) is 0.560. The summed E-state index contributed by atoms with van der Waals surface area (Å²) in [6, 6.07) is 3.39. The van der Waals surface area contributed by atoms with E-state index in [2.05, 4.69) is 20.9 Å². The lowest BCUT2D eigenvalue weighted by atomic mass is 9.75. The van der Waals surface area contributed by atoms with Gasteiger partial charge in [-0.15, -0.1) is 0 Å². The number of nitro groups is 1. The first-order chi connectivity index (χ1) is 17.8. The van der Waals surface area contributed by atoms with Crippen LogP contribution in [0.3, 0.4) is 0 Å². The van der Waals surface area contributed by atoms with Crippen molar-refractivity contribution >= 4 is 39.3 Å². The Labute approximate surface area is 226 Å². The van der Waals surface area contributed by atoms with Gasteiger partial charge in [-0.2, -0.15) is 13.2 Å². The summed E-state index contributed by atoms with van der Waals surface area (Å²) in [5.74, 6) is -5.53. The van der Waals surface area contributed by atoms with E-state index in [0.29, 0.717) is 11.8 Å². The van der Waals surface area contributed by atoms with Gasteiger partial charge in [0.1, 0.15) is 11.7 Å². The van der Waals surface area contributed by atoms with E-state index in [4.69, 9.17) is 14.2 Å². The molecular weight excluding hydrogens is 577 g/mol. The van der Waals surface area contributed by atoms with Crippen molar-refractivity contribution in [1.29, 1.82) is 0 Å². The molecule has 210 valence electrons. The normalized spacial score (nSPS) is 17.8. The van der Waals surface area contributed by atoms with Gasteiger partial charge in [-0.05, 0) is 38.7 Å². The highest BCUT2D eigenvalue weighted by atomic mass is 79.9. The standard InChI is InChI=1S/C25H30BrF3N2O7/c1-5-36-24(33)21-20(17-12-16(31(34)35)8-9-18(17)37-11-7-6-10-26)19(23(32)38-13-14(2)3)15(4)30-22(21)25(27,28)29/h8-9,12,14,19-20H,5-7,10-11,13H2,1-4H3. The van der Waals surface area contributed by atoms with Crippen molar-refractivity contribution in [3.05, 3.63) is 45.1 Å². The van der Waals surface area contributed by atoms with E-state index in [1.54, 1.807) is 13.8 Å². The number of nitrogens with zero attached hydrogens (tertiary/aromatic N) is 2. The minimum Gasteiger partial charge on any atom is -0.493 e. The largest absolute Gasteiger partial charge is 0.493 e. The number of hydrogen-bond acceptors (Lipinski definition) is 8. The summed E-state index contributed by atoms with van der Waals surface area (Å²) in [6.45, 7) is 6.04. The van der Waals surface area contributed by atoms with Gasteiger partial charge < -0.3 is 14.2 Å². The smallest absolute Gasteiger partial charge is 0.433 e. The number of unbranched alkanes of at least 4 members (excludes halogenated alkanes) is 1. The molecule has 0 aliphatic carbocycles. The minimum absolute atomic E-state index is 0.00476. The number of esters is 2. The lowest BCUT2D eigenvalue weighted by Gasteiger charge is -2.33. The molecule has 0 aromatic heterocycles. The number of nitro benzene ring substituents is 1. The molecule has 0 spiro atoms. The van der Waals surface area contributed by atoms with Gasteiger partial charge in [0, 0.05) is 34.7 Å². The number of benzene rings is 1. The molecule has 13 heteroatoms. The lowest BCUT2D eigenvalue weighted by molar-refractivity contribution is -0.385. The summed E-state index contributed by atoms with van der Waals surface area (Å²) < 4.78 is 58.7. The molecular formula is C25H30BrF3N2O7. The molecule has 0 bridgehead atoms. The third-order valence-corrected chi connectivity index (χ3v) is 6.10. The number of non-ortho nitro benzene ring substituents is 1. The van der Waals surface area contributed by atoms with Crippen LogP contribution in [0.25, 0.3) is 0 Å². The van der Waals surface area contributed by atoms with Gasteiger partial charge >= 0.3 is 18.1 Å². The molecule has 0 fully saturated rings. The Bertz CT molecular complexity index is 1100. The van der Waals surface area contributed by atoms with Crippen molar-refractivity contribution < 1.29 is 41.9 Å². The summed E-state index contributed by atoms with van der Waals surface area (Å²) in [7, 11) is 0. The van der Waals surface area contributed by atoms with Crippen LogP contribution in [0.4, 0.5) is 18.9 Å². The van der Waals surface area contributed by atoms with E-state index in [9.17, 15) is 32.9 Å². The Morgan fingerprint density at radius 3 is 2.45 bits per heavy atom. The maximum absolute atomic E-state index is 14.2. The van der Waals surface area contributed by atoms with E-state index < -0.39 is 51.8 Å². The van der Waals surface area contributed by atoms with Crippen LogP contribution in [0, 0.1) is 22.0 Å². The Balaban J connectivity index is 2.86. The molecule has 1 aliphatic heterocycles. The second-order valence-electron chi connectivity index (χ2n) is 8.94. The Morgan fingerprint density at radius 1 is 1.21 bits per heavy atom. The van der Waals surface area contributed by atoms with Crippen LogP contribution in [0.15, 0.2) is 34.5 Å². The van der Waals surface area contributed by atoms with E-state index in [0.717, 1.165) is 18.6 Å². The molecule has 0 saturated carbocycles. The quantitative estimate of drug-likeness (QED) is 0.0955. The summed E-state index contributed by atoms with van der Waals surface area (Å²) >= 11 is 3.30. The molecule has 2 rings (SSSR count). The van der Waals surface area contributed by atoms with Crippen LogP contribution in [-0.4, -0.2) is 53.9 Å². The average molecular weight is 607 g/mol. The van der Waals surface area contributed by atoms with Crippen molar-refractivity contribution in [3.8, 4) is 5.75 Å².